The fourth-order valence-corrected chi connectivity index (χ4v) is 1.51. The lowest BCUT2D eigenvalue weighted by molar-refractivity contribution is 0.462. The molecule has 2 nitrogen and oxygen atoms in total. The Bertz CT molecular complexity index is 471. The third-order valence-electron chi connectivity index (χ3n) is 1.98. The zero-order chi connectivity index (χ0) is 11.4. The van der Waals surface area contributed by atoms with Crippen LogP contribution < -0.4 is 4.74 Å². The maximum atomic E-state index is 5.73. The SMILES string of the molecule is ClCc1cccc(Oc2ccc(Cl)cn2)c1. The van der Waals surface area contributed by atoms with Crippen LogP contribution in [0.3, 0.4) is 0 Å². The lowest BCUT2D eigenvalue weighted by atomic mass is 10.2. The number of nitrogens with zero attached hydrogens (tertiary/aromatic N) is 1. The van der Waals surface area contributed by atoms with Crippen molar-refractivity contribution in [3.8, 4) is 11.6 Å². The molecule has 16 heavy (non-hydrogen) atoms. The smallest absolute Gasteiger partial charge is 0.219 e. The number of rotatable bonds is 3. The highest BCUT2D eigenvalue weighted by Crippen LogP contribution is 2.21. The van der Waals surface area contributed by atoms with Crippen LogP contribution in [0, 0.1) is 0 Å². The Morgan fingerprint density at radius 2 is 2.06 bits per heavy atom. The number of halogens is 2. The van der Waals surface area contributed by atoms with Crippen LogP contribution >= 0.6 is 23.2 Å². The molecule has 0 saturated heterocycles. The fraction of sp³-hybridized carbons (Fsp3) is 0.0833. The molecular weight excluding hydrogens is 245 g/mol. The summed E-state index contributed by atoms with van der Waals surface area (Å²) in [6, 6.07) is 11.0. The van der Waals surface area contributed by atoms with Gasteiger partial charge in [0.25, 0.3) is 0 Å². The minimum Gasteiger partial charge on any atom is -0.439 e. The van der Waals surface area contributed by atoms with Gasteiger partial charge in [-0.1, -0.05) is 23.7 Å². The third-order valence-corrected chi connectivity index (χ3v) is 2.51. The van der Waals surface area contributed by atoms with Gasteiger partial charge in [-0.15, -0.1) is 11.6 Å². The Balaban J connectivity index is 2.16. The van der Waals surface area contributed by atoms with Gasteiger partial charge in [-0.25, -0.2) is 4.98 Å². The van der Waals surface area contributed by atoms with E-state index in [9.17, 15) is 0 Å². The summed E-state index contributed by atoms with van der Waals surface area (Å²) in [5.41, 5.74) is 1.01. The largest absolute Gasteiger partial charge is 0.439 e. The van der Waals surface area contributed by atoms with E-state index in [1.807, 2.05) is 24.3 Å². The molecule has 0 N–H and O–H groups in total. The summed E-state index contributed by atoms with van der Waals surface area (Å²) in [5.74, 6) is 1.69. The Kier molecular flexibility index (Phi) is 3.65. The predicted molar refractivity (Wildman–Crippen MR) is 65.3 cm³/mol. The molecule has 4 heteroatoms. The van der Waals surface area contributed by atoms with E-state index in [1.165, 1.54) is 0 Å². The Hall–Kier alpha value is -1.25. The van der Waals surface area contributed by atoms with Crippen molar-refractivity contribution in [2.24, 2.45) is 0 Å². The summed E-state index contributed by atoms with van der Waals surface area (Å²) >= 11 is 11.5. The molecule has 0 aliphatic rings. The van der Waals surface area contributed by atoms with Crippen LogP contribution in [-0.2, 0) is 5.88 Å². The van der Waals surface area contributed by atoms with E-state index < -0.39 is 0 Å². The second-order valence-corrected chi connectivity index (χ2v) is 3.90. The van der Waals surface area contributed by atoms with Crippen molar-refractivity contribution in [2.75, 3.05) is 0 Å². The minimum atomic E-state index is 0.464. The number of hydrogen-bond donors (Lipinski definition) is 0. The molecule has 0 bridgehead atoms. The van der Waals surface area contributed by atoms with E-state index in [1.54, 1.807) is 18.3 Å². The van der Waals surface area contributed by atoms with Gasteiger partial charge in [0.15, 0.2) is 0 Å². The second-order valence-electron chi connectivity index (χ2n) is 3.20. The number of ether oxygens (including phenoxy) is 1. The lowest BCUT2D eigenvalue weighted by Gasteiger charge is -2.05. The van der Waals surface area contributed by atoms with Crippen molar-refractivity contribution in [3.63, 3.8) is 0 Å². The van der Waals surface area contributed by atoms with Crippen molar-refractivity contribution in [2.45, 2.75) is 5.88 Å². The summed E-state index contributed by atoms with van der Waals surface area (Å²) in [6.45, 7) is 0. The first kappa shape index (κ1) is 11.2. The fourth-order valence-electron chi connectivity index (χ4n) is 1.24. The van der Waals surface area contributed by atoms with E-state index in [4.69, 9.17) is 27.9 Å². The van der Waals surface area contributed by atoms with Crippen LogP contribution in [0.1, 0.15) is 5.56 Å². The van der Waals surface area contributed by atoms with Crippen molar-refractivity contribution in [1.82, 2.24) is 4.98 Å². The number of hydrogen-bond acceptors (Lipinski definition) is 2. The van der Waals surface area contributed by atoms with Gasteiger partial charge in [0.1, 0.15) is 5.75 Å². The van der Waals surface area contributed by atoms with E-state index in [-0.39, 0.29) is 0 Å². The average Bonchev–Trinajstić information content (AvgIpc) is 2.32. The van der Waals surface area contributed by atoms with Crippen molar-refractivity contribution in [1.29, 1.82) is 0 Å². The van der Waals surface area contributed by atoms with Gasteiger partial charge in [0.05, 0.1) is 5.02 Å². The van der Waals surface area contributed by atoms with Gasteiger partial charge in [0, 0.05) is 18.1 Å². The van der Waals surface area contributed by atoms with Crippen LogP contribution in [0.2, 0.25) is 5.02 Å². The van der Waals surface area contributed by atoms with Crippen molar-refractivity contribution < 1.29 is 4.74 Å². The Morgan fingerprint density at radius 1 is 1.19 bits per heavy atom. The van der Waals surface area contributed by atoms with Crippen LogP contribution in [0.5, 0.6) is 11.6 Å². The van der Waals surface area contributed by atoms with E-state index in [0.717, 1.165) is 5.56 Å². The van der Waals surface area contributed by atoms with Crippen LogP contribution in [0.4, 0.5) is 0 Å². The molecule has 1 heterocycles. The van der Waals surface area contributed by atoms with E-state index >= 15 is 0 Å². The minimum absolute atomic E-state index is 0.464. The molecule has 0 amide bonds. The average molecular weight is 254 g/mol. The highest BCUT2D eigenvalue weighted by atomic mass is 35.5. The maximum Gasteiger partial charge on any atom is 0.219 e. The second kappa shape index (κ2) is 5.19. The molecule has 0 atom stereocenters. The van der Waals surface area contributed by atoms with Gasteiger partial charge in [-0.05, 0) is 23.8 Å². The predicted octanol–water partition coefficient (Wildman–Crippen LogP) is 4.27. The zero-order valence-electron chi connectivity index (χ0n) is 8.36. The summed E-state index contributed by atoms with van der Waals surface area (Å²) < 4.78 is 5.55. The summed E-state index contributed by atoms with van der Waals surface area (Å²) in [7, 11) is 0. The van der Waals surface area contributed by atoms with Gasteiger partial charge in [-0.3, -0.25) is 0 Å². The number of benzene rings is 1. The van der Waals surface area contributed by atoms with Gasteiger partial charge in [0.2, 0.25) is 5.88 Å². The highest BCUT2D eigenvalue weighted by molar-refractivity contribution is 6.30. The first-order valence-electron chi connectivity index (χ1n) is 4.72. The lowest BCUT2D eigenvalue weighted by Crippen LogP contribution is -1.88. The van der Waals surface area contributed by atoms with Crippen LogP contribution in [0.15, 0.2) is 42.6 Å². The summed E-state index contributed by atoms with van der Waals surface area (Å²) in [6.07, 6.45) is 1.54. The first-order valence-corrected chi connectivity index (χ1v) is 5.63. The monoisotopic (exact) mass is 253 g/mol. The molecule has 0 aliphatic carbocycles. The quantitative estimate of drug-likeness (QED) is 0.763. The molecule has 0 spiro atoms. The first-order chi connectivity index (χ1) is 7.78. The van der Waals surface area contributed by atoms with Gasteiger partial charge in [-0.2, -0.15) is 0 Å². The Labute approximate surface area is 104 Å². The number of alkyl halides is 1. The molecule has 82 valence electrons. The molecule has 0 fully saturated rings. The molecule has 1 aromatic heterocycles. The topological polar surface area (TPSA) is 22.1 Å². The van der Waals surface area contributed by atoms with Gasteiger partial charge >= 0.3 is 0 Å². The maximum absolute atomic E-state index is 5.73. The molecule has 0 radical (unpaired) electrons. The number of pyridine rings is 1. The third kappa shape index (κ3) is 2.87. The van der Waals surface area contributed by atoms with Crippen LogP contribution in [-0.4, -0.2) is 4.98 Å². The molecule has 0 unspecified atom stereocenters. The number of aromatic nitrogens is 1. The van der Waals surface area contributed by atoms with E-state index in [0.29, 0.717) is 22.5 Å². The molecule has 1 aromatic carbocycles. The van der Waals surface area contributed by atoms with E-state index in [2.05, 4.69) is 4.98 Å². The van der Waals surface area contributed by atoms with Gasteiger partial charge < -0.3 is 4.74 Å². The summed E-state index contributed by atoms with van der Waals surface area (Å²) in [5, 5.41) is 0.585. The molecule has 0 saturated carbocycles. The Morgan fingerprint density at radius 3 is 2.75 bits per heavy atom. The zero-order valence-corrected chi connectivity index (χ0v) is 9.87. The molecule has 2 aromatic rings. The normalized spacial score (nSPS) is 10.1. The highest BCUT2D eigenvalue weighted by Gasteiger charge is 1.99. The van der Waals surface area contributed by atoms with Crippen molar-refractivity contribution in [3.05, 3.63) is 53.2 Å². The van der Waals surface area contributed by atoms with Crippen molar-refractivity contribution >= 4 is 23.2 Å². The molecule has 0 aliphatic heterocycles. The molecule has 2 rings (SSSR count). The molecular formula is C12H9Cl2NO. The standard InChI is InChI=1S/C12H9Cl2NO/c13-7-9-2-1-3-11(6-9)16-12-5-4-10(14)8-15-12/h1-6,8H,7H2. The summed E-state index contributed by atoms with van der Waals surface area (Å²) in [4.78, 5) is 4.04. The van der Waals surface area contributed by atoms with Crippen LogP contribution in [0.25, 0.3) is 0 Å².